The van der Waals surface area contributed by atoms with Crippen LogP contribution in [0.15, 0.2) is 76.5 Å². The highest BCUT2D eigenvalue weighted by Crippen LogP contribution is 2.42. The number of hydrogen-bond acceptors (Lipinski definition) is 3. The number of carbonyl (C=O) groups is 2. The highest BCUT2D eigenvalue weighted by molar-refractivity contribution is 7.99. The van der Waals surface area contributed by atoms with Crippen LogP contribution in [0.2, 0.25) is 0 Å². The molecule has 1 fully saturated rings. The number of anilines is 1. The van der Waals surface area contributed by atoms with Crippen molar-refractivity contribution in [2.45, 2.75) is 61.7 Å². The van der Waals surface area contributed by atoms with E-state index in [1.165, 1.54) is 23.9 Å². The summed E-state index contributed by atoms with van der Waals surface area (Å²) in [6, 6.07) is 17.5. The second kappa shape index (κ2) is 10.5. The number of nitrogens with zero attached hydrogens (tertiary/aromatic N) is 1. The summed E-state index contributed by atoms with van der Waals surface area (Å²) >= 11 is 1.44. The van der Waals surface area contributed by atoms with Crippen molar-refractivity contribution in [3.05, 3.63) is 89.0 Å². The zero-order valence-corrected chi connectivity index (χ0v) is 22.0. The van der Waals surface area contributed by atoms with Crippen molar-refractivity contribution in [2.75, 3.05) is 4.90 Å². The molecule has 0 bridgehead atoms. The van der Waals surface area contributed by atoms with E-state index >= 15 is 0 Å². The molecule has 2 amide bonds. The zero-order valence-electron chi connectivity index (χ0n) is 21.2. The normalized spacial score (nSPS) is 21.3. The van der Waals surface area contributed by atoms with Crippen LogP contribution in [0.1, 0.15) is 65.0 Å². The summed E-state index contributed by atoms with van der Waals surface area (Å²) in [6.07, 6.45) is -1.27. The Morgan fingerprint density at radius 3 is 2.47 bits per heavy atom. The predicted molar refractivity (Wildman–Crippen MR) is 142 cm³/mol. The number of fused-ring (bicyclic) bond motifs is 2. The Labute approximate surface area is 224 Å². The van der Waals surface area contributed by atoms with Crippen LogP contribution in [-0.2, 0) is 12.7 Å². The maximum absolute atomic E-state index is 13.7. The average molecular weight is 539 g/mol. The van der Waals surface area contributed by atoms with Gasteiger partial charge in [0.25, 0.3) is 11.8 Å². The fourth-order valence-corrected chi connectivity index (χ4v) is 6.30. The fraction of sp³-hybridized carbons (Fsp3) is 0.333. The zero-order chi connectivity index (χ0) is 27.0. The standard InChI is InChI=1S/C30H29F3N2O2S/c1-18-6-5-8-24(19(18)2)34-28(36)21-12-15-27-25(16-21)35(29(37)23-7-3-4-9-26(23)38-27)17-20-10-13-22(14-11-20)30(31,32)33/h3-4,7,9-16,18-19,24H,5-6,8,17H2,1-2H3,(H,34,36)/t18-,19-,24-/m1/s1. The third-order valence-electron chi connectivity index (χ3n) is 7.74. The third kappa shape index (κ3) is 5.32. The molecule has 3 aromatic carbocycles. The van der Waals surface area contributed by atoms with Crippen molar-refractivity contribution in [1.29, 1.82) is 0 Å². The molecule has 1 aliphatic carbocycles. The maximum Gasteiger partial charge on any atom is 0.416 e. The van der Waals surface area contributed by atoms with E-state index < -0.39 is 11.7 Å². The molecule has 3 aromatic rings. The van der Waals surface area contributed by atoms with Gasteiger partial charge >= 0.3 is 6.18 Å². The number of carbonyl (C=O) groups excluding carboxylic acids is 2. The lowest BCUT2D eigenvalue weighted by Gasteiger charge is -2.34. The van der Waals surface area contributed by atoms with E-state index in [9.17, 15) is 22.8 Å². The Hall–Kier alpha value is -3.26. The number of nitrogens with one attached hydrogen (secondary N) is 1. The second-order valence-corrected chi connectivity index (χ2v) is 11.3. The van der Waals surface area contributed by atoms with Crippen LogP contribution in [0.5, 0.6) is 0 Å². The molecule has 2 aliphatic rings. The first-order chi connectivity index (χ1) is 18.1. The number of benzene rings is 3. The summed E-state index contributed by atoms with van der Waals surface area (Å²) in [7, 11) is 0. The smallest absolute Gasteiger partial charge is 0.349 e. The molecule has 5 rings (SSSR count). The van der Waals surface area contributed by atoms with Gasteiger partial charge in [-0.3, -0.25) is 9.59 Å². The molecule has 0 unspecified atom stereocenters. The Bertz CT molecular complexity index is 1360. The van der Waals surface area contributed by atoms with Crippen molar-refractivity contribution in [3.8, 4) is 0 Å². The molecule has 0 spiro atoms. The number of amides is 2. The maximum atomic E-state index is 13.7. The molecule has 8 heteroatoms. The van der Waals surface area contributed by atoms with Gasteiger partial charge in [0.05, 0.1) is 23.4 Å². The first-order valence-electron chi connectivity index (χ1n) is 12.8. The molecule has 38 heavy (non-hydrogen) atoms. The van der Waals surface area contributed by atoms with Crippen LogP contribution in [0, 0.1) is 11.8 Å². The van der Waals surface area contributed by atoms with Crippen LogP contribution in [-0.4, -0.2) is 17.9 Å². The molecule has 3 atom stereocenters. The van der Waals surface area contributed by atoms with Gasteiger partial charge < -0.3 is 10.2 Å². The lowest BCUT2D eigenvalue weighted by molar-refractivity contribution is -0.137. The van der Waals surface area contributed by atoms with E-state index in [2.05, 4.69) is 19.2 Å². The molecule has 0 radical (unpaired) electrons. The summed E-state index contributed by atoms with van der Waals surface area (Å²) in [5.41, 5.74) is 1.34. The molecule has 1 heterocycles. The van der Waals surface area contributed by atoms with Gasteiger partial charge in [-0.1, -0.05) is 62.7 Å². The van der Waals surface area contributed by atoms with Crippen molar-refractivity contribution >= 4 is 29.3 Å². The quantitative estimate of drug-likeness (QED) is 0.373. The lowest BCUT2D eigenvalue weighted by atomic mass is 9.78. The molecule has 1 aliphatic heterocycles. The molecule has 198 valence electrons. The third-order valence-corrected chi connectivity index (χ3v) is 8.88. The van der Waals surface area contributed by atoms with Gasteiger partial charge in [-0.05, 0) is 66.3 Å². The van der Waals surface area contributed by atoms with E-state index in [4.69, 9.17) is 0 Å². The Kier molecular flexibility index (Phi) is 7.27. The minimum atomic E-state index is -4.44. The van der Waals surface area contributed by atoms with E-state index in [-0.39, 0.29) is 24.4 Å². The number of alkyl halides is 3. The topological polar surface area (TPSA) is 49.4 Å². The first kappa shape index (κ1) is 26.4. The fourth-order valence-electron chi connectivity index (χ4n) is 5.24. The highest BCUT2D eigenvalue weighted by atomic mass is 32.2. The number of hydrogen-bond donors (Lipinski definition) is 1. The second-order valence-electron chi connectivity index (χ2n) is 10.2. The monoisotopic (exact) mass is 538 g/mol. The van der Waals surface area contributed by atoms with Crippen molar-refractivity contribution in [2.24, 2.45) is 11.8 Å². The molecule has 0 aromatic heterocycles. The molecular weight excluding hydrogens is 509 g/mol. The minimum Gasteiger partial charge on any atom is -0.349 e. The van der Waals surface area contributed by atoms with Gasteiger partial charge in [0.1, 0.15) is 0 Å². The Morgan fingerprint density at radius 1 is 1.00 bits per heavy atom. The summed E-state index contributed by atoms with van der Waals surface area (Å²) in [5, 5.41) is 3.20. The average Bonchev–Trinajstić information content (AvgIpc) is 3.00. The van der Waals surface area contributed by atoms with E-state index in [1.807, 2.05) is 18.2 Å². The highest BCUT2D eigenvalue weighted by Gasteiger charge is 2.32. The number of halogens is 3. The van der Waals surface area contributed by atoms with Crippen molar-refractivity contribution in [1.82, 2.24) is 5.32 Å². The van der Waals surface area contributed by atoms with E-state index in [0.717, 1.165) is 41.2 Å². The summed E-state index contributed by atoms with van der Waals surface area (Å²) in [5.74, 6) is 0.454. The van der Waals surface area contributed by atoms with Gasteiger partial charge in [0.2, 0.25) is 0 Å². The van der Waals surface area contributed by atoms with Crippen LogP contribution in [0.25, 0.3) is 0 Å². The minimum absolute atomic E-state index is 0.0705. The summed E-state index contributed by atoms with van der Waals surface area (Å²) < 4.78 is 39.3. The van der Waals surface area contributed by atoms with Gasteiger partial charge in [-0.25, -0.2) is 0 Å². The SMILES string of the molecule is C[C@@H]1[C@H](C)CCC[C@H]1NC(=O)c1ccc2c(c1)N(Cc1ccc(C(F)(F)F)cc1)C(=O)c1ccccc1S2. The van der Waals surface area contributed by atoms with Crippen LogP contribution in [0.3, 0.4) is 0 Å². The van der Waals surface area contributed by atoms with E-state index in [0.29, 0.717) is 34.2 Å². The lowest BCUT2D eigenvalue weighted by Crippen LogP contribution is -2.43. The summed E-state index contributed by atoms with van der Waals surface area (Å²) in [4.78, 5) is 30.2. The van der Waals surface area contributed by atoms with Gasteiger partial charge in [-0.2, -0.15) is 13.2 Å². The van der Waals surface area contributed by atoms with Crippen LogP contribution < -0.4 is 10.2 Å². The Morgan fingerprint density at radius 2 is 1.74 bits per heavy atom. The number of rotatable bonds is 4. The van der Waals surface area contributed by atoms with Gasteiger partial charge in [0.15, 0.2) is 0 Å². The molecule has 0 saturated heterocycles. The molecule has 1 N–H and O–H groups in total. The van der Waals surface area contributed by atoms with Crippen LogP contribution in [0.4, 0.5) is 18.9 Å². The van der Waals surface area contributed by atoms with Crippen molar-refractivity contribution < 1.29 is 22.8 Å². The van der Waals surface area contributed by atoms with Gasteiger partial charge in [-0.15, -0.1) is 0 Å². The molecule has 1 saturated carbocycles. The molecular formula is C30H29F3N2O2S. The Balaban J connectivity index is 1.49. The van der Waals surface area contributed by atoms with Gasteiger partial charge in [0, 0.05) is 21.4 Å². The first-order valence-corrected chi connectivity index (χ1v) is 13.6. The largest absolute Gasteiger partial charge is 0.416 e. The van der Waals surface area contributed by atoms with Crippen LogP contribution >= 0.6 is 11.8 Å². The molecule has 4 nitrogen and oxygen atoms in total. The van der Waals surface area contributed by atoms with Crippen molar-refractivity contribution in [3.63, 3.8) is 0 Å². The van der Waals surface area contributed by atoms with E-state index in [1.54, 1.807) is 29.2 Å². The predicted octanol–water partition coefficient (Wildman–Crippen LogP) is 7.57. The summed E-state index contributed by atoms with van der Waals surface area (Å²) in [6.45, 7) is 4.45.